The van der Waals surface area contributed by atoms with Gasteiger partial charge in [-0.1, -0.05) is 42.5 Å². The molecular formula is C17H9BrF2O. The van der Waals surface area contributed by atoms with E-state index < -0.39 is 11.6 Å². The van der Waals surface area contributed by atoms with Crippen LogP contribution in [0, 0.1) is 11.6 Å². The molecule has 0 aliphatic carbocycles. The Morgan fingerprint density at radius 1 is 0.857 bits per heavy atom. The maximum absolute atomic E-state index is 13.6. The summed E-state index contributed by atoms with van der Waals surface area (Å²) < 4.78 is 26.6. The van der Waals surface area contributed by atoms with Gasteiger partial charge in [-0.05, 0) is 38.8 Å². The van der Waals surface area contributed by atoms with Crippen LogP contribution in [-0.2, 0) is 0 Å². The van der Waals surface area contributed by atoms with Gasteiger partial charge in [-0.2, -0.15) is 0 Å². The maximum atomic E-state index is 13.6. The number of carbonyl (C=O) groups excluding carboxylic acids is 1. The molecule has 3 aromatic carbocycles. The number of hydrogen-bond donors (Lipinski definition) is 0. The van der Waals surface area contributed by atoms with Crippen LogP contribution in [0.2, 0.25) is 0 Å². The van der Waals surface area contributed by atoms with Gasteiger partial charge in [0, 0.05) is 11.1 Å². The van der Waals surface area contributed by atoms with Gasteiger partial charge in [-0.3, -0.25) is 4.79 Å². The summed E-state index contributed by atoms with van der Waals surface area (Å²) in [6.07, 6.45) is 0. The van der Waals surface area contributed by atoms with Crippen molar-refractivity contribution in [1.82, 2.24) is 0 Å². The van der Waals surface area contributed by atoms with Gasteiger partial charge in [-0.25, -0.2) is 8.78 Å². The second kappa shape index (κ2) is 5.37. The molecule has 0 aliphatic rings. The molecule has 0 atom stereocenters. The molecule has 0 saturated heterocycles. The predicted octanol–water partition coefficient (Wildman–Crippen LogP) is 5.11. The molecule has 3 aromatic rings. The van der Waals surface area contributed by atoms with Gasteiger partial charge < -0.3 is 0 Å². The van der Waals surface area contributed by atoms with Crippen molar-refractivity contribution in [2.75, 3.05) is 0 Å². The zero-order chi connectivity index (χ0) is 15.0. The minimum atomic E-state index is -1.05. The zero-order valence-electron chi connectivity index (χ0n) is 10.7. The largest absolute Gasteiger partial charge is 0.289 e. The third kappa shape index (κ3) is 2.36. The lowest BCUT2D eigenvalue weighted by Gasteiger charge is -2.08. The first kappa shape index (κ1) is 13.9. The highest BCUT2D eigenvalue weighted by atomic mass is 79.9. The third-order valence-corrected chi connectivity index (χ3v) is 4.09. The fourth-order valence-corrected chi connectivity index (χ4v) is 2.77. The smallest absolute Gasteiger partial charge is 0.194 e. The SMILES string of the molecule is O=C(c1ccc(F)c(F)c1Br)c1cccc2ccccc12. The molecule has 0 saturated carbocycles. The molecule has 0 amide bonds. The van der Waals surface area contributed by atoms with Crippen LogP contribution in [0.4, 0.5) is 8.78 Å². The molecule has 1 nitrogen and oxygen atoms in total. The molecule has 21 heavy (non-hydrogen) atoms. The molecule has 0 unspecified atom stereocenters. The molecule has 104 valence electrons. The molecule has 0 fully saturated rings. The van der Waals surface area contributed by atoms with Crippen molar-refractivity contribution in [3.05, 3.63) is 81.8 Å². The van der Waals surface area contributed by atoms with Crippen LogP contribution >= 0.6 is 15.9 Å². The molecule has 0 spiro atoms. The van der Waals surface area contributed by atoms with Crippen LogP contribution in [0.15, 0.2) is 59.1 Å². The number of hydrogen-bond acceptors (Lipinski definition) is 1. The van der Waals surface area contributed by atoms with E-state index in [9.17, 15) is 13.6 Å². The molecule has 0 heterocycles. The quantitative estimate of drug-likeness (QED) is 0.465. The van der Waals surface area contributed by atoms with Crippen molar-refractivity contribution in [3.8, 4) is 0 Å². The van der Waals surface area contributed by atoms with Crippen LogP contribution in [0.1, 0.15) is 15.9 Å². The molecule has 0 radical (unpaired) electrons. The van der Waals surface area contributed by atoms with E-state index in [1.807, 2.05) is 30.3 Å². The predicted molar refractivity (Wildman–Crippen MR) is 81.4 cm³/mol. The average molecular weight is 347 g/mol. The number of fused-ring (bicyclic) bond motifs is 1. The van der Waals surface area contributed by atoms with Crippen molar-refractivity contribution in [1.29, 1.82) is 0 Å². The number of benzene rings is 3. The van der Waals surface area contributed by atoms with Gasteiger partial charge in [0.15, 0.2) is 17.4 Å². The first-order valence-electron chi connectivity index (χ1n) is 6.25. The minimum Gasteiger partial charge on any atom is -0.289 e. The van der Waals surface area contributed by atoms with Gasteiger partial charge in [-0.15, -0.1) is 0 Å². The second-order valence-corrected chi connectivity index (χ2v) is 5.37. The summed E-state index contributed by atoms with van der Waals surface area (Å²) in [6.45, 7) is 0. The van der Waals surface area contributed by atoms with Gasteiger partial charge >= 0.3 is 0 Å². The van der Waals surface area contributed by atoms with Crippen LogP contribution in [0.25, 0.3) is 10.8 Å². The highest BCUT2D eigenvalue weighted by Crippen LogP contribution is 2.28. The van der Waals surface area contributed by atoms with E-state index in [4.69, 9.17) is 0 Å². The lowest BCUT2D eigenvalue weighted by molar-refractivity contribution is 0.103. The van der Waals surface area contributed by atoms with E-state index in [0.717, 1.165) is 16.8 Å². The van der Waals surface area contributed by atoms with E-state index in [1.165, 1.54) is 6.07 Å². The second-order valence-electron chi connectivity index (χ2n) is 4.58. The van der Waals surface area contributed by atoms with Gasteiger partial charge in [0.05, 0.1) is 4.47 Å². The van der Waals surface area contributed by atoms with E-state index in [-0.39, 0.29) is 15.8 Å². The minimum absolute atomic E-state index is 0.102. The number of rotatable bonds is 2. The van der Waals surface area contributed by atoms with Crippen LogP contribution < -0.4 is 0 Å². The van der Waals surface area contributed by atoms with Crippen LogP contribution in [0.5, 0.6) is 0 Å². The van der Waals surface area contributed by atoms with Crippen LogP contribution in [-0.4, -0.2) is 5.78 Å². The molecular weight excluding hydrogens is 338 g/mol. The van der Waals surface area contributed by atoms with Gasteiger partial charge in [0.1, 0.15) is 0 Å². The van der Waals surface area contributed by atoms with Gasteiger partial charge in [0.2, 0.25) is 0 Å². The molecule has 3 rings (SSSR count). The number of carbonyl (C=O) groups is 1. The Labute approximate surface area is 128 Å². The summed E-state index contributed by atoms with van der Waals surface area (Å²) in [5, 5.41) is 1.70. The summed E-state index contributed by atoms with van der Waals surface area (Å²) in [4.78, 5) is 12.6. The number of ketones is 1. The van der Waals surface area contributed by atoms with E-state index in [2.05, 4.69) is 15.9 Å². The summed E-state index contributed by atoms with van der Waals surface area (Å²) in [5.74, 6) is -2.39. The Hall–Kier alpha value is -2.07. The summed E-state index contributed by atoms with van der Waals surface area (Å²) >= 11 is 2.96. The lowest BCUT2D eigenvalue weighted by atomic mass is 9.97. The molecule has 0 N–H and O–H groups in total. The van der Waals surface area contributed by atoms with Gasteiger partial charge in [0.25, 0.3) is 0 Å². The summed E-state index contributed by atoms with van der Waals surface area (Å²) in [6, 6.07) is 15.0. The lowest BCUT2D eigenvalue weighted by Crippen LogP contribution is -2.05. The van der Waals surface area contributed by atoms with Crippen molar-refractivity contribution in [2.45, 2.75) is 0 Å². The first-order valence-corrected chi connectivity index (χ1v) is 7.05. The monoisotopic (exact) mass is 346 g/mol. The maximum Gasteiger partial charge on any atom is 0.194 e. The van der Waals surface area contributed by atoms with E-state index in [1.54, 1.807) is 12.1 Å². The summed E-state index contributed by atoms with van der Waals surface area (Å²) in [7, 11) is 0. The third-order valence-electron chi connectivity index (χ3n) is 3.31. The average Bonchev–Trinajstić information content (AvgIpc) is 2.51. The van der Waals surface area contributed by atoms with Crippen LogP contribution in [0.3, 0.4) is 0 Å². The Morgan fingerprint density at radius 2 is 1.57 bits per heavy atom. The Kier molecular flexibility index (Phi) is 3.55. The van der Waals surface area contributed by atoms with Crippen molar-refractivity contribution < 1.29 is 13.6 Å². The standard InChI is InChI=1S/C17H9BrF2O/c18-15-13(8-9-14(19)16(15)20)17(21)12-7-3-5-10-4-1-2-6-11(10)12/h1-9H. The zero-order valence-corrected chi connectivity index (χ0v) is 12.3. The first-order chi connectivity index (χ1) is 10.1. The Balaban J connectivity index is 2.20. The fraction of sp³-hybridized carbons (Fsp3) is 0. The van der Waals surface area contributed by atoms with Crippen molar-refractivity contribution in [2.24, 2.45) is 0 Å². The Morgan fingerprint density at radius 3 is 2.38 bits per heavy atom. The summed E-state index contributed by atoms with van der Waals surface area (Å²) in [5.41, 5.74) is 0.560. The fourth-order valence-electron chi connectivity index (χ4n) is 2.27. The highest BCUT2D eigenvalue weighted by molar-refractivity contribution is 9.10. The topological polar surface area (TPSA) is 17.1 Å². The van der Waals surface area contributed by atoms with E-state index >= 15 is 0 Å². The number of halogens is 3. The van der Waals surface area contributed by atoms with E-state index in [0.29, 0.717) is 5.56 Å². The van der Waals surface area contributed by atoms with Crippen molar-refractivity contribution in [3.63, 3.8) is 0 Å². The molecule has 4 heteroatoms. The molecule has 0 aliphatic heterocycles. The normalized spacial score (nSPS) is 10.8. The Bertz CT molecular complexity index is 853. The highest BCUT2D eigenvalue weighted by Gasteiger charge is 2.19. The molecule has 0 aromatic heterocycles. The van der Waals surface area contributed by atoms with Crippen molar-refractivity contribution >= 4 is 32.5 Å². The molecule has 0 bridgehead atoms.